The lowest BCUT2D eigenvalue weighted by molar-refractivity contribution is 0.0935. The second kappa shape index (κ2) is 7.07. The minimum Gasteiger partial charge on any atom is -0.344 e. The Morgan fingerprint density at radius 1 is 1.14 bits per heavy atom. The lowest BCUT2D eigenvalue weighted by Crippen LogP contribution is -2.28. The number of rotatable bonds is 4. The summed E-state index contributed by atoms with van der Waals surface area (Å²) in [4.78, 5) is 24.6. The van der Waals surface area contributed by atoms with E-state index in [-0.39, 0.29) is 11.3 Å². The molecule has 4 rings (SSSR count). The summed E-state index contributed by atoms with van der Waals surface area (Å²) in [5, 5.41) is 14.1. The van der Waals surface area contributed by atoms with Crippen LogP contribution in [0.1, 0.15) is 29.0 Å². The monoisotopic (exact) mass is 377 g/mol. The molecule has 2 heterocycles. The molecule has 0 radical (unpaired) electrons. The highest BCUT2D eigenvalue weighted by molar-refractivity contribution is 6.04. The molecule has 1 atom stereocenters. The van der Waals surface area contributed by atoms with Crippen molar-refractivity contribution in [1.82, 2.24) is 25.3 Å². The molecule has 28 heavy (non-hydrogen) atoms. The van der Waals surface area contributed by atoms with Crippen molar-refractivity contribution in [2.45, 2.75) is 13.0 Å². The van der Waals surface area contributed by atoms with Gasteiger partial charge in [-0.25, -0.2) is 14.2 Å². The van der Waals surface area contributed by atoms with Gasteiger partial charge in [0.15, 0.2) is 5.69 Å². The fourth-order valence-corrected chi connectivity index (χ4v) is 2.97. The van der Waals surface area contributed by atoms with Crippen molar-refractivity contribution >= 4 is 16.7 Å². The molecule has 2 aromatic carbocycles. The Morgan fingerprint density at radius 3 is 2.64 bits per heavy atom. The quantitative estimate of drug-likeness (QED) is 0.572. The molecule has 4 aromatic rings. The molecule has 2 aromatic heterocycles. The van der Waals surface area contributed by atoms with Crippen LogP contribution in [-0.2, 0) is 0 Å². The Kier molecular flexibility index (Phi) is 4.44. The molecular formula is C20H16FN5O2. The Hall–Kier alpha value is -3.81. The summed E-state index contributed by atoms with van der Waals surface area (Å²) >= 11 is 0. The van der Waals surface area contributed by atoms with E-state index in [1.807, 2.05) is 0 Å². The summed E-state index contributed by atoms with van der Waals surface area (Å²) < 4.78 is 15.3. The van der Waals surface area contributed by atoms with Gasteiger partial charge in [-0.05, 0) is 25.1 Å². The summed E-state index contributed by atoms with van der Waals surface area (Å²) in [6.45, 7) is 1.79. The Bertz CT molecular complexity index is 1230. The predicted octanol–water partition coefficient (Wildman–Crippen LogP) is 2.74. The van der Waals surface area contributed by atoms with Crippen molar-refractivity contribution in [3.05, 3.63) is 88.4 Å². The van der Waals surface area contributed by atoms with Crippen molar-refractivity contribution in [1.29, 1.82) is 0 Å². The lowest BCUT2D eigenvalue weighted by atomic mass is 10.1. The third-order valence-corrected chi connectivity index (χ3v) is 4.46. The van der Waals surface area contributed by atoms with Gasteiger partial charge in [0, 0.05) is 17.1 Å². The SMILES string of the molecule is CC(NC(=O)c1n[nH]c(=O)c2ccccc12)c1cnn(-c2ccccc2F)c1. The zero-order valence-corrected chi connectivity index (χ0v) is 14.9. The number of nitrogens with zero attached hydrogens (tertiary/aromatic N) is 3. The number of halogens is 1. The number of para-hydroxylation sites is 1. The lowest BCUT2D eigenvalue weighted by Gasteiger charge is -2.12. The Labute approximate surface area is 158 Å². The molecular weight excluding hydrogens is 361 g/mol. The molecule has 7 nitrogen and oxygen atoms in total. The van der Waals surface area contributed by atoms with E-state index in [1.165, 1.54) is 10.7 Å². The van der Waals surface area contributed by atoms with Crippen LogP contribution in [-0.4, -0.2) is 25.9 Å². The third kappa shape index (κ3) is 3.16. The maximum Gasteiger partial charge on any atom is 0.272 e. The average molecular weight is 377 g/mol. The average Bonchev–Trinajstić information content (AvgIpc) is 3.19. The minimum absolute atomic E-state index is 0.128. The molecule has 0 bridgehead atoms. The maximum atomic E-state index is 13.9. The number of aromatic amines is 1. The number of benzene rings is 2. The second-order valence-corrected chi connectivity index (χ2v) is 6.31. The zero-order valence-electron chi connectivity index (χ0n) is 14.9. The molecule has 0 aliphatic rings. The van der Waals surface area contributed by atoms with E-state index in [9.17, 15) is 14.0 Å². The fraction of sp³-hybridized carbons (Fsp3) is 0.100. The van der Waals surface area contributed by atoms with Gasteiger partial charge in [-0.1, -0.05) is 30.3 Å². The summed E-state index contributed by atoms with van der Waals surface area (Å²) in [6.07, 6.45) is 3.22. The number of carbonyl (C=O) groups excluding carboxylic acids is 1. The van der Waals surface area contributed by atoms with Crippen molar-refractivity contribution in [2.24, 2.45) is 0 Å². The first kappa shape index (κ1) is 17.6. The van der Waals surface area contributed by atoms with Gasteiger partial charge in [-0.3, -0.25) is 9.59 Å². The van der Waals surface area contributed by atoms with Crippen LogP contribution in [0.4, 0.5) is 4.39 Å². The molecule has 140 valence electrons. The molecule has 8 heteroatoms. The molecule has 0 fully saturated rings. The van der Waals surface area contributed by atoms with Crippen LogP contribution in [0.5, 0.6) is 0 Å². The third-order valence-electron chi connectivity index (χ3n) is 4.46. The van der Waals surface area contributed by atoms with Gasteiger partial charge in [0.25, 0.3) is 11.5 Å². The minimum atomic E-state index is -0.432. The number of hydrogen-bond acceptors (Lipinski definition) is 4. The van der Waals surface area contributed by atoms with Crippen LogP contribution in [0.3, 0.4) is 0 Å². The fourth-order valence-electron chi connectivity index (χ4n) is 2.97. The number of carbonyl (C=O) groups is 1. The Balaban J connectivity index is 1.59. The van der Waals surface area contributed by atoms with Crippen molar-refractivity contribution < 1.29 is 9.18 Å². The number of fused-ring (bicyclic) bond motifs is 1. The maximum absolute atomic E-state index is 13.9. The first-order valence-electron chi connectivity index (χ1n) is 8.62. The Morgan fingerprint density at radius 2 is 1.86 bits per heavy atom. The number of nitrogens with one attached hydrogen (secondary N) is 2. The first-order chi connectivity index (χ1) is 13.5. The largest absolute Gasteiger partial charge is 0.344 e. The van der Waals surface area contributed by atoms with Gasteiger partial charge in [0.05, 0.1) is 17.6 Å². The van der Waals surface area contributed by atoms with Crippen LogP contribution in [0, 0.1) is 5.82 Å². The standard InChI is InChI=1S/C20H16FN5O2/c1-12(13-10-22-26(11-13)17-9-5-4-8-16(17)21)23-20(28)18-14-6-2-3-7-15(14)19(27)25-24-18/h2-12H,1H3,(H,23,28)(H,25,27). The van der Waals surface area contributed by atoms with Gasteiger partial charge in [0.1, 0.15) is 11.5 Å². The van der Waals surface area contributed by atoms with E-state index in [1.54, 1.807) is 61.8 Å². The van der Waals surface area contributed by atoms with E-state index in [0.29, 0.717) is 22.0 Å². The van der Waals surface area contributed by atoms with E-state index >= 15 is 0 Å². The zero-order chi connectivity index (χ0) is 19.7. The highest BCUT2D eigenvalue weighted by Gasteiger charge is 2.18. The van der Waals surface area contributed by atoms with Gasteiger partial charge < -0.3 is 5.32 Å². The molecule has 0 saturated carbocycles. The summed E-state index contributed by atoms with van der Waals surface area (Å²) in [5.41, 5.74) is 0.792. The van der Waals surface area contributed by atoms with E-state index in [2.05, 4.69) is 20.6 Å². The van der Waals surface area contributed by atoms with Crippen LogP contribution in [0.25, 0.3) is 16.5 Å². The van der Waals surface area contributed by atoms with Crippen LogP contribution in [0.2, 0.25) is 0 Å². The molecule has 1 amide bonds. The second-order valence-electron chi connectivity index (χ2n) is 6.31. The van der Waals surface area contributed by atoms with Crippen LogP contribution < -0.4 is 10.9 Å². The van der Waals surface area contributed by atoms with Crippen molar-refractivity contribution in [3.8, 4) is 5.69 Å². The smallest absolute Gasteiger partial charge is 0.272 e. The molecule has 0 spiro atoms. The first-order valence-corrected chi connectivity index (χ1v) is 8.62. The highest BCUT2D eigenvalue weighted by Crippen LogP contribution is 2.18. The molecule has 0 aliphatic carbocycles. The van der Waals surface area contributed by atoms with Gasteiger partial charge in [0.2, 0.25) is 0 Å². The van der Waals surface area contributed by atoms with Crippen molar-refractivity contribution in [2.75, 3.05) is 0 Å². The van der Waals surface area contributed by atoms with Crippen LogP contribution >= 0.6 is 0 Å². The number of amides is 1. The van der Waals surface area contributed by atoms with Gasteiger partial charge in [-0.2, -0.15) is 10.2 Å². The summed E-state index contributed by atoms with van der Waals surface area (Å²) in [5.74, 6) is -0.823. The molecule has 2 N–H and O–H groups in total. The van der Waals surface area contributed by atoms with Gasteiger partial charge >= 0.3 is 0 Å². The molecule has 1 unspecified atom stereocenters. The topological polar surface area (TPSA) is 92.7 Å². The summed E-state index contributed by atoms with van der Waals surface area (Å²) in [7, 11) is 0. The summed E-state index contributed by atoms with van der Waals surface area (Å²) in [6, 6.07) is 12.7. The van der Waals surface area contributed by atoms with Gasteiger partial charge in [-0.15, -0.1) is 0 Å². The molecule has 0 saturated heterocycles. The number of hydrogen-bond donors (Lipinski definition) is 2. The van der Waals surface area contributed by atoms with Crippen LogP contribution in [0.15, 0.2) is 65.7 Å². The number of aromatic nitrogens is 4. The van der Waals surface area contributed by atoms with E-state index < -0.39 is 17.8 Å². The van der Waals surface area contributed by atoms with E-state index in [0.717, 1.165) is 0 Å². The normalized spacial score (nSPS) is 12.1. The van der Waals surface area contributed by atoms with Crippen molar-refractivity contribution in [3.63, 3.8) is 0 Å². The number of H-pyrrole nitrogens is 1. The molecule has 0 aliphatic heterocycles. The predicted molar refractivity (Wildman–Crippen MR) is 102 cm³/mol. The van der Waals surface area contributed by atoms with E-state index in [4.69, 9.17) is 0 Å². The highest BCUT2D eigenvalue weighted by atomic mass is 19.1.